The van der Waals surface area contributed by atoms with E-state index in [-0.39, 0.29) is 40.7 Å². The molecule has 6 nitrogen and oxygen atoms in total. The highest BCUT2D eigenvalue weighted by atomic mass is 19.4. The molecule has 0 radical (unpaired) electrons. The Morgan fingerprint density at radius 3 is 2.57 bits per heavy atom. The number of ether oxygens (including phenoxy) is 2. The van der Waals surface area contributed by atoms with Crippen molar-refractivity contribution in [1.29, 1.82) is 0 Å². The average molecular weight is 422 g/mol. The Hall–Kier alpha value is -3.43. The summed E-state index contributed by atoms with van der Waals surface area (Å²) in [6.07, 6.45) is -6.26. The van der Waals surface area contributed by atoms with Crippen molar-refractivity contribution in [2.75, 3.05) is 7.11 Å². The van der Waals surface area contributed by atoms with Crippen LogP contribution in [0, 0.1) is 12.7 Å². The van der Waals surface area contributed by atoms with E-state index >= 15 is 0 Å². The number of cyclic esters (lactones) is 1. The second-order valence-corrected chi connectivity index (χ2v) is 6.63. The first-order valence-corrected chi connectivity index (χ1v) is 8.76. The number of benzene rings is 1. The molecule has 0 N–H and O–H groups in total. The zero-order valence-electron chi connectivity index (χ0n) is 15.7. The van der Waals surface area contributed by atoms with Crippen molar-refractivity contribution >= 4 is 5.97 Å². The molecule has 2 aromatic heterocycles. The number of carbonyl (C=O) groups excluding carboxylic acids is 1. The number of furan rings is 1. The summed E-state index contributed by atoms with van der Waals surface area (Å²) in [7, 11) is 1.31. The van der Waals surface area contributed by atoms with Gasteiger partial charge in [-0.3, -0.25) is 0 Å². The van der Waals surface area contributed by atoms with Gasteiger partial charge in [-0.05, 0) is 36.8 Å². The molecule has 0 fully saturated rings. The van der Waals surface area contributed by atoms with Crippen LogP contribution in [0.2, 0.25) is 0 Å². The summed E-state index contributed by atoms with van der Waals surface area (Å²) >= 11 is 0. The third kappa shape index (κ3) is 3.49. The van der Waals surface area contributed by atoms with Gasteiger partial charge in [0, 0.05) is 6.42 Å². The van der Waals surface area contributed by atoms with E-state index in [1.807, 2.05) is 0 Å². The van der Waals surface area contributed by atoms with Gasteiger partial charge in [-0.2, -0.15) is 23.1 Å². The zero-order chi connectivity index (χ0) is 21.6. The third-order valence-electron chi connectivity index (χ3n) is 4.61. The molecular formula is C20H14F4N2O4. The van der Waals surface area contributed by atoms with Gasteiger partial charge in [0.25, 0.3) is 0 Å². The van der Waals surface area contributed by atoms with E-state index in [4.69, 9.17) is 13.9 Å². The summed E-state index contributed by atoms with van der Waals surface area (Å²) in [6, 6.07) is 5.50. The van der Waals surface area contributed by atoms with Gasteiger partial charge in [0.1, 0.15) is 34.6 Å². The van der Waals surface area contributed by atoms with Gasteiger partial charge in [-0.1, -0.05) is 6.07 Å². The van der Waals surface area contributed by atoms with E-state index in [0.29, 0.717) is 11.8 Å². The van der Waals surface area contributed by atoms with Gasteiger partial charge in [0.05, 0.1) is 12.7 Å². The van der Waals surface area contributed by atoms with Crippen molar-refractivity contribution < 1.29 is 36.2 Å². The van der Waals surface area contributed by atoms with Crippen LogP contribution in [-0.4, -0.2) is 23.0 Å². The number of hydrogen-bond donors (Lipinski definition) is 0. The van der Waals surface area contributed by atoms with E-state index in [0.717, 1.165) is 12.1 Å². The fraction of sp³-hybridized carbons (Fsp3) is 0.250. The number of carbonyl (C=O) groups is 1. The van der Waals surface area contributed by atoms with Crippen molar-refractivity contribution in [2.24, 2.45) is 0 Å². The van der Waals surface area contributed by atoms with E-state index in [1.165, 1.54) is 7.11 Å². The maximum Gasteiger partial charge on any atom is 0.416 e. The molecule has 1 unspecified atom stereocenters. The fourth-order valence-corrected chi connectivity index (χ4v) is 3.29. The highest BCUT2D eigenvalue weighted by Gasteiger charge is 2.40. The lowest BCUT2D eigenvalue weighted by atomic mass is 9.98. The lowest BCUT2D eigenvalue weighted by molar-refractivity contribution is -0.138. The minimum Gasteiger partial charge on any atom is -0.467 e. The normalized spacial score (nSPS) is 15.8. The van der Waals surface area contributed by atoms with Gasteiger partial charge >= 0.3 is 18.2 Å². The molecule has 1 atom stereocenters. The second-order valence-electron chi connectivity index (χ2n) is 6.63. The highest BCUT2D eigenvalue weighted by Crippen LogP contribution is 2.40. The molecule has 3 heterocycles. The second kappa shape index (κ2) is 7.12. The van der Waals surface area contributed by atoms with Gasteiger partial charge in [0.2, 0.25) is 0 Å². The third-order valence-corrected chi connectivity index (χ3v) is 4.61. The lowest BCUT2D eigenvalue weighted by Gasteiger charge is -2.16. The van der Waals surface area contributed by atoms with Crippen LogP contribution in [0.3, 0.4) is 0 Å². The van der Waals surface area contributed by atoms with Crippen LogP contribution in [0.1, 0.15) is 39.0 Å². The monoisotopic (exact) mass is 422 g/mol. The minimum atomic E-state index is -4.77. The summed E-state index contributed by atoms with van der Waals surface area (Å²) in [5.74, 6) is -0.980. The number of aryl methyl sites for hydroxylation is 1. The van der Waals surface area contributed by atoms with Crippen LogP contribution < -0.4 is 4.74 Å². The Morgan fingerprint density at radius 2 is 1.93 bits per heavy atom. The van der Waals surface area contributed by atoms with Crippen molar-refractivity contribution in [1.82, 2.24) is 9.97 Å². The molecule has 1 aliphatic heterocycles. The number of hydrogen-bond acceptors (Lipinski definition) is 6. The van der Waals surface area contributed by atoms with Crippen molar-refractivity contribution in [3.8, 4) is 17.5 Å². The SMILES string of the molecule is COc1nc(-c2ccc(C)o2)c2c(n1)C(Cc1ccc(F)cc1C(F)(F)F)OC2=O. The molecule has 4 rings (SSSR count). The van der Waals surface area contributed by atoms with Gasteiger partial charge in [0.15, 0.2) is 5.76 Å². The van der Waals surface area contributed by atoms with Gasteiger partial charge in [-0.25, -0.2) is 9.18 Å². The number of fused-ring (bicyclic) bond motifs is 1. The van der Waals surface area contributed by atoms with E-state index in [2.05, 4.69) is 9.97 Å². The highest BCUT2D eigenvalue weighted by molar-refractivity contribution is 5.99. The number of methoxy groups -OCH3 is 1. The van der Waals surface area contributed by atoms with E-state index in [1.54, 1.807) is 19.1 Å². The summed E-state index contributed by atoms with van der Waals surface area (Å²) in [5, 5.41) is 0. The number of aromatic nitrogens is 2. The summed E-state index contributed by atoms with van der Waals surface area (Å²) < 4.78 is 69.4. The quantitative estimate of drug-likeness (QED) is 0.450. The maximum absolute atomic E-state index is 13.4. The Morgan fingerprint density at radius 1 is 1.17 bits per heavy atom. The molecule has 0 bridgehead atoms. The van der Waals surface area contributed by atoms with Crippen LogP contribution in [0.25, 0.3) is 11.5 Å². The van der Waals surface area contributed by atoms with Gasteiger partial charge in [-0.15, -0.1) is 0 Å². The Labute approximate surface area is 167 Å². The van der Waals surface area contributed by atoms with Crippen LogP contribution in [-0.2, 0) is 17.3 Å². The first-order chi connectivity index (χ1) is 14.2. The number of nitrogens with zero attached hydrogens (tertiary/aromatic N) is 2. The zero-order valence-corrected chi connectivity index (χ0v) is 15.7. The molecule has 0 aliphatic carbocycles. The fourth-order valence-electron chi connectivity index (χ4n) is 3.29. The molecule has 0 saturated heterocycles. The standard InChI is InChI=1S/C20H14F4N2O4/c1-9-3-6-13(29-9)16-15-17(26-19(25-16)28-2)14(30-18(15)27)7-10-4-5-11(21)8-12(10)20(22,23)24/h3-6,8,14H,7H2,1-2H3. The van der Waals surface area contributed by atoms with Crippen molar-refractivity contribution in [3.63, 3.8) is 0 Å². The summed E-state index contributed by atoms with van der Waals surface area (Å²) in [6.45, 7) is 1.70. The Bertz CT molecular complexity index is 1140. The molecule has 10 heteroatoms. The summed E-state index contributed by atoms with van der Waals surface area (Å²) in [4.78, 5) is 20.8. The van der Waals surface area contributed by atoms with E-state index < -0.39 is 29.6 Å². The molecule has 1 aliphatic rings. The number of esters is 1. The van der Waals surface area contributed by atoms with Crippen LogP contribution in [0.15, 0.2) is 34.7 Å². The molecule has 0 amide bonds. The minimum absolute atomic E-state index is 0.00850. The van der Waals surface area contributed by atoms with Crippen LogP contribution >= 0.6 is 0 Å². The smallest absolute Gasteiger partial charge is 0.416 e. The van der Waals surface area contributed by atoms with Gasteiger partial charge < -0.3 is 13.9 Å². The number of rotatable bonds is 4. The van der Waals surface area contributed by atoms with Crippen LogP contribution in [0.5, 0.6) is 6.01 Å². The molecule has 1 aromatic carbocycles. The topological polar surface area (TPSA) is 74.5 Å². The number of halogens is 4. The molecule has 0 spiro atoms. The van der Waals surface area contributed by atoms with Crippen molar-refractivity contribution in [3.05, 3.63) is 64.3 Å². The largest absolute Gasteiger partial charge is 0.467 e. The first kappa shape index (κ1) is 19.9. The maximum atomic E-state index is 13.4. The molecule has 156 valence electrons. The molecule has 30 heavy (non-hydrogen) atoms. The predicted molar refractivity (Wildman–Crippen MR) is 94.3 cm³/mol. The Kier molecular flexibility index (Phi) is 4.71. The predicted octanol–water partition coefficient (Wildman–Crippen LogP) is 4.67. The first-order valence-electron chi connectivity index (χ1n) is 8.76. The molecule has 3 aromatic rings. The average Bonchev–Trinajstić information content (AvgIpc) is 3.25. The Balaban J connectivity index is 1.80. The number of alkyl halides is 3. The van der Waals surface area contributed by atoms with E-state index in [9.17, 15) is 22.4 Å². The molecule has 0 saturated carbocycles. The van der Waals surface area contributed by atoms with Crippen LogP contribution in [0.4, 0.5) is 17.6 Å². The van der Waals surface area contributed by atoms with Crippen molar-refractivity contribution in [2.45, 2.75) is 25.6 Å². The summed E-state index contributed by atoms with van der Waals surface area (Å²) in [5.41, 5.74) is -1.19. The molecular weight excluding hydrogens is 408 g/mol. The lowest BCUT2D eigenvalue weighted by Crippen LogP contribution is -2.13.